The van der Waals surface area contributed by atoms with Crippen molar-refractivity contribution < 1.29 is 56.5 Å². The number of benzene rings is 3. The van der Waals surface area contributed by atoms with E-state index in [9.17, 15) is 19.2 Å². The third-order valence-corrected chi connectivity index (χ3v) is 20.4. The number of carbonyl (C=O) groups is 4. The lowest BCUT2D eigenvalue weighted by Gasteiger charge is -2.31. The quantitative estimate of drug-likeness (QED) is 0.0826. The van der Waals surface area contributed by atoms with Crippen LogP contribution in [-0.4, -0.2) is 126 Å². The molecule has 0 radical (unpaired) electrons. The van der Waals surface area contributed by atoms with Crippen LogP contribution in [0.3, 0.4) is 0 Å². The maximum absolute atomic E-state index is 12.6. The minimum Gasteiger partial charge on any atom is -0.481 e. The lowest BCUT2D eigenvalue weighted by Crippen LogP contribution is -2.38. The van der Waals surface area contributed by atoms with Crippen LogP contribution < -0.4 is 16.4 Å². The number of carbonyl (C=O) groups excluding carboxylic acids is 3. The highest BCUT2D eigenvalue weighted by Gasteiger charge is 2.39. The number of anilines is 3. The third-order valence-electron chi connectivity index (χ3n) is 19.0. The number of nitrogens with two attached hydrogens (primary N) is 1. The van der Waals surface area contributed by atoms with E-state index in [2.05, 4.69) is 55.5 Å². The topological polar surface area (TPSA) is 331 Å². The second kappa shape index (κ2) is 29.9. The van der Waals surface area contributed by atoms with E-state index in [0.717, 1.165) is 108 Å². The zero-order valence-corrected chi connectivity index (χ0v) is 57.8. The summed E-state index contributed by atoms with van der Waals surface area (Å²) in [7, 11) is 0. The van der Waals surface area contributed by atoms with Crippen molar-refractivity contribution in [2.75, 3.05) is 69.2 Å². The number of hydrogen-bond donors (Lipinski definition) is 4. The van der Waals surface area contributed by atoms with E-state index in [4.69, 9.17) is 89.4 Å². The highest BCUT2D eigenvalue weighted by atomic mass is 35.5. The lowest BCUT2D eigenvalue weighted by atomic mass is 9.81. The molecule has 3 aromatic carbocycles. The Morgan fingerprint density at radius 3 is 1.00 bits per heavy atom. The molecule has 7 fully saturated rings. The number of nitrogen functional groups attached to an aromatic ring is 1. The predicted molar refractivity (Wildman–Crippen MR) is 369 cm³/mol. The Bertz CT molecular complexity index is 4140. The average molecular weight is 1420 g/mol. The molecule has 0 bridgehead atoms. The summed E-state index contributed by atoms with van der Waals surface area (Å²) in [6, 6.07) is 11.0. The number of aliphatic carboxylic acids is 1. The van der Waals surface area contributed by atoms with Crippen molar-refractivity contribution in [3.8, 4) is 33.8 Å². The van der Waals surface area contributed by atoms with Crippen molar-refractivity contribution in [2.45, 2.75) is 135 Å². The van der Waals surface area contributed by atoms with Crippen LogP contribution in [0.4, 0.5) is 17.5 Å². The molecule has 0 spiro atoms. The maximum Gasteiger partial charge on any atom is 0.309 e. The van der Waals surface area contributed by atoms with Crippen LogP contribution in [-0.2, 0) is 38.1 Å². The Kier molecular flexibility index (Phi) is 21.4. The number of hydrogen-bond acceptors (Lipinski definition) is 21. The van der Waals surface area contributed by atoms with Crippen LogP contribution in [0.25, 0.3) is 67.1 Å². The number of nitrogens with zero attached hydrogens (tertiary/aromatic N) is 9. The van der Waals surface area contributed by atoms with Gasteiger partial charge in [0.2, 0.25) is 17.1 Å². The number of halogens is 4. The van der Waals surface area contributed by atoms with Crippen LogP contribution >= 0.6 is 46.4 Å². The van der Waals surface area contributed by atoms with Gasteiger partial charge in [-0.25, -0.2) is 29.9 Å². The molecule has 516 valence electrons. The van der Waals surface area contributed by atoms with Gasteiger partial charge in [0.15, 0.2) is 46.1 Å². The Morgan fingerprint density at radius 1 is 0.439 bits per heavy atom. The van der Waals surface area contributed by atoms with E-state index in [1.165, 1.54) is 6.20 Å². The van der Waals surface area contributed by atoms with Gasteiger partial charge in [0.05, 0.1) is 85.6 Å². The summed E-state index contributed by atoms with van der Waals surface area (Å²) in [5.74, 6) is 4.09. The molecule has 5 N–H and O–H groups in total. The zero-order chi connectivity index (χ0) is 68.9. The molecular formula is C70H76Cl4N12O12. The summed E-state index contributed by atoms with van der Waals surface area (Å²) in [4.78, 5) is 86.1. The van der Waals surface area contributed by atoms with Gasteiger partial charge in [-0.1, -0.05) is 55.6 Å². The molecule has 6 aromatic heterocycles. The molecule has 24 nitrogen and oxygen atoms in total. The molecule has 3 saturated carbocycles. The minimum atomic E-state index is -0.698. The van der Waals surface area contributed by atoms with Crippen molar-refractivity contribution >= 4 is 120 Å². The monoisotopic (exact) mass is 1420 g/mol. The number of aromatic nitrogens is 9. The van der Waals surface area contributed by atoms with Gasteiger partial charge in [-0.3, -0.25) is 34.1 Å². The zero-order valence-electron chi connectivity index (χ0n) is 54.8. The van der Waals surface area contributed by atoms with Gasteiger partial charge in [-0.05, 0) is 145 Å². The fraction of sp³-hybridized carbons (Fsp3) is 0.471. The summed E-state index contributed by atoms with van der Waals surface area (Å²) in [6.07, 6.45) is 21.8. The Labute approximate surface area is 584 Å². The summed E-state index contributed by atoms with van der Waals surface area (Å²) < 4.78 is 38.4. The molecule has 16 rings (SSSR count). The molecule has 9 aromatic rings. The van der Waals surface area contributed by atoms with Crippen molar-refractivity contribution in [3.05, 3.63) is 106 Å². The highest BCUT2D eigenvalue weighted by molar-refractivity contribution is 6.64. The van der Waals surface area contributed by atoms with E-state index >= 15 is 0 Å². The van der Waals surface area contributed by atoms with E-state index in [1.54, 1.807) is 56.1 Å². The first-order chi connectivity index (χ1) is 47.0. The van der Waals surface area contributed by atoms with Gasteiger partial charge in [0.1, 0.15) is 22.4 Å². The number of ether oxygens (including phenoxy) is 4. The Hall–Kier alpha value is -7.81. The SMILES string of the molecule is CC1(C(=O)Cl)CCOCC1.CC1(C(=O)Nc2cnc(-c3cc4oc(C5CC5)nc4cc3Cl)cn2)CCOCC1.CC1(C(=O)Nc2cnc(-c3cc4oc(C5CC5)nc4cc3Cl)cn2)CCOCC1.CC1(C(=O)O)CCOCC1.Nc1cnc(-c2cc3oc(C4CC4)nc3cc2Cl)cn1. The highest BCUT2D eigenvalue weighted by Crippen LogP contribution is 2.45. The number of oxazole rings is 3. The fourth-order valence-corrected chi connectivity index (χ4v) is 12.2. The van der Waals surface area contributed by atoms with Gasteiger partial charge in [-0.2, -0.15) is 0 Å². The average Bonchev–Trinajstić information content (AvgIpc) is 1.55. The summed E-state index contributed by atoms with van der Waals surface area (Å²) in [5.41, 5.74) is 12.3. The number of nitrogens with one attached hydrogen (secondary N) is 2. The normalized spacial score (nSPS) is 19.0. The number of amides is 2. The van der Waals surface area contributed by atoms with E-state index < -0.39 is 22.2 Å². The number of carboxylic acids is 1. The molecule has 4 aliphatic heterocycles. The van der Waals surface area contributed by atoms with Crippen LogP contribution in [0.1, 0.15) is 153 Å². The van der Waals surface area contributed by atoms with Crippen LogP contribution in [0.15, 0.2) is 86.8 Å². The van der Waals surface area contributed by atoms with Crippen molar-refractivity contribution in [1.82, 2.24) is 44.9 Å². The molecule has 2 amide bonds. The number of rotatable bonds is 12. The molecule has 0 atom stereocenters. The maximum atomic E-state index is 12.6. The molecule has 0 unspecified atom stereocenters. The molecule has 4 saturated heterocycles. The predicted octanol–water partition coefficient (Wildman–Crippen LogP) is 15.0. The van der Waals surface area contributed by atoms with Crippen LogP contribution in [0, 0.1) is 21.7 Å². The second-order valence-electron chi connectivity index (χ2n) is 27.0. The van der Waals surface area contributed by atoms with Gasteiger partial charge in [-0.15, -0.1) is 0 Å². The van der Waals surface area contributed by atoms with E-state index in [-0.39, 0.29) is 22.5 Å². The van der Waals surface area contributed by atoms with E-state index in [1.807, 2.05) is 39.0 Å². The van der Waals surface area contributed by atoms with E-state index in [0.29, 0.717) is 170 Å². The number of carboxylic acid groups (broad SMARTS) is 1. The molecular weight excluding hydrogens is 1340 g/mol. The van der Waals surface area contributed by atoms with Gasteiger partial charge < -0.3 is 53.7 Å². The smallest absolute Gasteiger partial charge is 0.309 e. The van der Waals surface area contributed by atoms with Crippen LogP contribution in [0.2, 0.25) is 15.1 Å². The van der Waals surface area contributed by atoms with Crippen molar-refractivity contribution in [2.24, 2.45) is 21.7 Å². The summed E-state index contributed by atoms with van der Waals surface area (Å²) >= 11 is 24.6. The second-order valence-corrected chi connectivity index (χ2v) is 28.5. The first kappa shape index (κ1) is 70.1. The number of fused-ring (bicyclic) bond motifs is 3. The molecule has 7 aliphatic rings. The molecule has 10 heterocycles. The molecule has 3 aliphatic carbocycles. The Balaban J connectivity index is 0.000000124. The first-order valence-corrected chi connectivity index (χ1v) is 34.5. The third kappa shape index (κ3) is 16.9. The first-order valence-electron chi connectivity index (χ1n) is 32.9. The van der Waals surface area contributed by atoms with Crippen molar-refractivity contribution in [3.63, 3.8) is 0 Å². The van der Waals surface area contributed by atoms with Crippen LogP contribution in [0.5, 0.6) is 0 Å². The van der Waals surface area contributed by atoms with Gasteiger partial charge >= 0.3 is 5.97 Å². The van der Waals surface area contributed by atoms with Crippen molar-refractivity contribution in [1.29, 1.82) is 0 Å². The fourth-order valence-electron chi connectivity index (χ4n) is 11.2. The van der Waals surface area contributed by atoms with Gasteiger partial charge in [0.25, 0.3) is 0 Å². The molecule has 98 heavy (non-hydrogen) atoms. The summed E-state index contributed by atoms with van der Waals surface area (Å²) in [6.45, 7) is 12.5. The minimum absolute atomic E-state index is 0.0587. The summed E-state index contributed by atoms with van der Waals surface area (Å²) in [5, 5.41) is 15.9. The molecule has 28 heteroatoms. The lowest BCUT2D eigenvalue weighted by molar-refractivity contribution is -0.153. The van der Waals surface area contributed by atoms with Gasteiger partial charge in [0, 0.05) is 92.7 Å². The standard InChI is InChI=1S/2C21H21ClN4O3.C14H11ClN4O.C7H11ClO2.C7H12O3/c2*1-21(4-6-28-7-5-21)20(27)26-18-11-23-16(10-24-18)13-8-17-15(9-14(13)22)25-19(29-17)12-2-3-12;15-9-4-10-12(20-14(19-10)7-1-2-7)3-8(9)11-5-18-13(16)6-17-11;2*1-7(6(8)9)2-4-10-5-3-7/h2*8-12H,2-7H2,1H3,(H,24,26,27);3-7H,1-2H2,(H2,16,18);2-5H2,1H3;2-5H2,1H3,(H,8,9). The largest absolute Gasteiger partial charge is 0.481 e. The Morgan fingerprint density at radius 2 is 0.745 bits per heavy atom.